The molecule has 0 aromatic heterocycles. The van der Waals surface area contributed by atoms with Crippen LogP contribution in [0.4, 0.5) is 27.2 Å². The highest BCUT2D eigenvalue weighted by atomic mass is 35.5. The van der Waals surface area contributed by atoms with Gasteiger partial charge >= 0.3 is 12.2 Å². The summed E-state index contributed by atoms with van der Waals surface area (Å²) in [6.45, 7) is 37.6. The number of ether oxygens (including phenoxy) is 7. The lowest BCUT2D eigenvalue weighted by molar-refractivity contribution is 0.130. The minimum absolute atomic E-state index is 0.0284. The molecule has 4 atom stereocenters. The second-order valence-electron chi connectivity index (χ2n) is 31.5. The van der Waals surface area contributed by atoms with Crippen molar-refractivity contribution in [3.05, 3.63) is 281 Å². The molecule has 0 unspecified atom stereocenters. The number of rotatable bonds is 19. The number of halogens is 5. The molecule has 13 nitrogen and oxygen atoms in total. The number of nitrogens with zero attached hydrogens (tertiary/aromatic N) is 2. The van der Waals surface area contributed by atoms with Crippen molar-refractivity contribution < 1.29 is 65.4 Å². The van der Waals surface area contributed by atoms with Crippen molar-refractivity contribution in [3.8, 4) is 67.5 Å². The van der Waals surface area contributed by atoms with Crippen LogP contribution in [-0.4, -0.2) is 81.8 Å². The predicted molar refractivity (Wildman–Crippen MR) is 460 cm³/mol. The van der Waals surface area contributed by atoms with E-state index in [1.54, 1.807) is 26.2 Å². The fourth-order valence-electron chi connectivity index (χ4n) is 15.0. The number of aliphatic imine (C=N–C) groups is 1. The summed E-state index contributed by atoms with van der Waals surface area (Å²) in [7, 11) is 6.20. The maximum absolute atomic E-state index is 14.7. The Hall–Kier alpha value is -10.6. The van der Waals surface area contributed by atoms with Gasteiger partial charge < -0.3 is 43.6 Å². The number of carbonyl (C=O) groups excluding carboxylic acids is 2. The van der Waals surface area contributed by atoms with Gasteiger partial charge in [0.2, 0.25) is 5.90 Å². The highest BCUT2D eigenvalue weighted by Crippen LogP contribution is 2.44. The van der Waals surface area contributed by atoms with Crippen molar-refractivity contribution in [1.82, 2.24) is 10.2 Å². The van der Waals surface area contributed by atoms with Crippen molar-refractivity contribution >= 4 is 29.7 Å². The van der Waals surface area contributed by atoms with Crippen LogP contribution in [0, 0.1) is 78.7 Å². The van der Waals surface area contributed by atoms with Crippen molar-refractivity contribution in [3.63, 3.8) is 0 Å². The van der Waals surface area contributed by atoms with E-state index >= 15 is 0 Å². The first kappa shape index (κ1) is 89.3. The molecule has 13 rings (SSSR count). The van der Waals surface area contributed by atoms with Crippen molar-refractivity contribution in [2.24, 2.45) is 4.99 Å². The molecule has 2 saturated heterocycles. The summed E-state index contributed by atoms with van der Waals surface area (Å²) in [5.74, 6) is 2.36. The summed E-state index contributed by atoms with van der Waals surface area (Å²) in [6, 6.07) is 49.9. The zero-order valence-corrected chi connectivity index (χ0v) is 71.8. The summed E-state index contributed by atoms with van der Waals surface area (Å²) < 4.78 is 95.7. The third-order valence-corrected chi connectivity index (χ3v) is 21.2. The fraction of sp³-hybridized carbons (Fsp3) is 0.357. The monoisotopic (exact) mass is 1600 g/mol. The highest BCUT2D eigenvalue weighted by molar-refractivity contribution is 6.17. The third-order valence-electron chi connectivity index (χ3n) is 20.9. The number of aryl methyl sites for hydroxylation is 8. The number of aliphatic hydroxyl groups is 1. The van der Waals surface area contributed by atoms with Gasteiger partial charge in [-0.05, 0) is 196 Å². The third kappa shape index (κ3) is 21.5. The van der Waals surface area contributed by atoms with Crippen LogP contribution in [0.2, 0.25) is 0 Å². The molecule has 2 amide bonds. The number of carbonyl (C=O) groups is 2. The van der Waals surface area contributed by atoms with E-state index in [9.17, 15) is 32.3 Å². The van der Waals surface area contributed by atoms with Gasteiger partial charge in [-0.1, -0.05) is 203 Å². The Morgan fingerprint density at radius 2 is 0.793 bits per heavy atom. The molecule has 2 fully saturated rings. The summed E-state index contributed by atoms with van der Waals surface area (Å²) in [4.78, 5) is 30.3. The van der Waals surface area contributed by atoms with Gasteiger partial charge in [-0.2, -0.15) is 0 Å². The topological polar surface area (TPSA) is 147 Å². The van der Waals surface area contributed by atoms with E-state index in [1.807, 2.05) is 190 Å². The first-order valence-corrected chi connectivity index (χ1v) is 40.0. The van der Waals surface area contributed by atoms with Crippen molar-refractivity contribution in [2.45, 2.75) is 192 Å². The number of cyclic esters (lactones) is 2. The molecular formula is C98H112ClF4N3O10. The molecule has 10 aromatic carbocycles. The summed E-state index contributed by atoms with van der Waals surface area (Å²) in [5.41, 5.74) is 24.7. The van der Waals surface area contributed by atoms with E-state index in [4.69, 9.17) is 44.8 Å². The van der Waals surface area contributed by atoms with Crippen LogP contribution in [0.1, 0.15) is 205 Å². The molecule has 116 heavy (non-hydrogen) atoms. The molecule has 3 aliphatic rings. The standard InChI is InChI=1S/C30H34FNO3.C20H22FNO2.C18H20ClFO.C18H21FO2.C12H15NO2/c1-17(2)25-14-26(28(34-7)15-27(25)31)24-9-8-18(3)11-23(24)16-32-21(6)29(35-30(32)33)22-12-19(4)10-20(5)13-22;1-12(2)15-10-16(19(23-4)11-18(15)21)14-6-5-13(3)9-17(14)20-22-7-8-24-20;1-11(2)15-8-16(18(21-4)9-17(15)20)14-6-5-12(3)7-13(14)10-19;1-11(2)15-8-16(18(21-4)9-17(15)19)14-6-5-12(3)7-13(14)10-20;1-7-4-8(2)6-10(5-7)11-9(3)13-12(14)15-11/h8-15,17,21,29H,16H2,1-7H3;5-6,9-12H,7-8H2,1-4H3;5-9,11H,10H2,1-4H3;5-9,11,20H,10H2,1-4H3;4-6,9,11H,1-3H3,(H,13,14)/t21-,29-;;;;9-,11-/m0...0/s1. The van der Waals surface area contributed by atoms with Crippen molar-refractivity contribution in [2.75, 3.05) is 41.6 Å². The maximum atomic E-state index is 14.7. The van der Waals surface area contributed by atoms with E-state index in [0.29, 0.717) is 76.7 Å². The summed E-state index contributed by atoms with van der Waals surface area (Å²) in [6.07, 6.45) is -1.15. The molecule has 614 valence electrons. The lowest BCUT2D eigenvalue weighted by Gasteiger charge is -2.24. The number of alkyl halides is 1. The van der Waals surface area contributed by atoms with Crippen LogP contribution in [-0.2, 0) is 33.2 Å². The van der Waals surface area contributed by atoms with E-state index < -0.39 is 0 Å². The van der Waals surface area contributed by atoms with Crippen LogP contribution < -0.4 is 24.3 Å². The lowest BCUT2D eigenvalue weighted by Crippen LogP contribution is -2.31. The molecule has 10 aromatic rings. The van der Waals surface area contributed by atoms with Gasteiger partial charge in [0.25, 0.3) is 0 Å². The van der Waals surface area contributed by atoms with Crippen molar-refractivity contribution in [1.29, 1.82) is 0 Å². The molecule has 0 bridgehead atoms. The lowest BCUT2D eigenvalue weighted by atomic mass is 9.92. The predicted octanol–water partition coefficient (Wildman–Crippen LogP) is 24.9. The van der Waals surface area contributed by atoms with E-state index in [1.165, 1.54) is 42.5 Å². The van der Waals surface area contributed by atoms with Gasteiger partial charge in [0, 0.05) is 58.0 Å². The smallest absolute Gasteiger partial charge is 0.411 e. The highest BCUT2D eigenvalue weighted by Gasteiger charge is 2.40. The average Bonchev–Trinajstić information content (AvgIpc) is 1.19. The quantitative estimate of drug-likeness (QED) is 0.0592. The number of alkyl carbamates (subject to hydrolysis) is 1. The number of aliphatic hydroxyl groups excluding tert-OH is 1. The summed E-state index contributed by atoms with van der Waals surface area (Å²) in [5, 5.41) is 12.3. The first-order chi connectivity index (χ1) is 55.1. The number of amides is 2. The van der Waals surface area contributed by atoms with Crippen LogP contribution in [0.15, 0.2) is 163 Å². The van der Waals surface area contributed by atoms with E-state index in [-0.39, 0.29) is 90.0 Å². The van der Waals surface area contributed by atoms with Crippen LogP contribution in [0.5, 0.6) is 23.0 Å². The number of methoxy groups -OCH3 is 4. The van der Waals surface area contributed by atoms with E-state index in [2.05, 4.69) is 78.8 Å². The minimum atomic E-state index is -0.331. The Balaban J connectivity index is 0.000000170. The Labute approximate surface area is 688 Å². The van der Waals surface area contributed by atoms with Crippen LogP contribution >= 0.6 is 11.6 Å². The summed E-state index contributed by atoms with van der Waals surface area (Å²) >= 11 is 6.07. The SMILES string of the molecule is COc1cc(F)c(C(C)C)cc1-c1ccc(C)cc1C1=NCCO1.COc1cc(F)c(C(C)C)cc1-c1ccc(C)cc1CCl.COc1cc(F)c(C(C)C)cc1-c1ccc(C)cc1CN1C(=O)O[C@H](c2cc(C)cc(C)c2)[C@@H]1C.COc1cc(F)c(C(C)C)cc1-c1ccc(C)cc1CO.Cc1cc(C)cc([C@H]2OC(=O)N[C@H]2C)c1. The largest absolute Gasteiger partial charge is 0.496 e. The Morgan fingerprint density at radius 1 is 0.440 bits per heavy atom. The Kier molecular flexibility index (Phi) is 30.7. The number of nitrogens with one attached hydrogen (secondary N) is 1. The Bertz CT molecular complexity index is 5050. The molecule has 0 spiro atoms. The fourth-order valence-corrected chi connectivity index (χ4v) is 15.3. The number of benzene rings is 10. The van der Waals surface area contributed by atoms with Gasteiger partial charge in [0.15, 0.2) is 0 Å². The van der Waals surface area contributed by atoms with Gasteiger partial charge in [0.1, 0.15) is 65.1 Å². The Morgan fingerprint density at radius 3 is 1.15 bits per heavy atom. The number of hydrogen-bond donors (Lipinski definition) is 2. The van der Waals surface area contributed by atoms with Crippen LogP contribution in [0.25, 0.3) is 44.5 Å². The normalized spacial score (nSPS) is 15.4. The second kappa shape index (κ2) is 39.8. The molecule has 0 saturated carbocycles. The number of hydrogen-bond acceptors (Lipinski definition) is 11. The second-order valence-corrected chi connectivity index (χ2v) is 31.8. The molecule has 18 heteroatoms. The maximum Gasteiger partial charge on any atom is 0.411 e. The molecular weight excluding hydrogens is 1490 g/mol. The van der Waals surface area contributed by atoms with Crippen LogP contribution in [0.3, 0.4) is 0 Å². The zero-order valence-electron chi connectivity index (χ0n) is 71.1. The first-order valence-electron chi connectivity index (χ1n) is 39.5. The minimum Gasteiger partial charge on any atom is -0.496 e. The molecule has 3 heterocycles. The van der Waals surface area contributed by atoms with Gasteiger partial charge in [-0.25, -0.2) is 32.1 Å². The van der Waals surface area contributed by atoms with Gasteiger partial charge in [-0.15, -0.1) is 11.6 Å². The molecule has 0 aliphatic carbocycles. The molecule has 0 radical (unpaired) electrons. The zero-order chi connectivity index (χ0) is 84.8. The van der Waals surface area contributed by atoms with Gasteiger partial charge in [-0.3, -0.25) is 4.90 Å². The average molecular weight is 1600 g/mol. The molecule has 2 N–H and O–H groups in total. The molecule has 3 aliphatic heterocycles. The van der Waals surface area contributed by atoms with E-state index in [0.717, 1.165) is 111 Å². The van der Waals surface area contributed by atoms with Gasteiger partial charge in [0.05, 0.1) is 60.2 Å².